The summed E-state index contributed by atoms with van der Waals surface area (Å²) in [7, 11) is 3.04. The summed E-state index contributed by atoms with van der Waals surface area (Å²) in [6.45, 7) is 2.84. The fraction of sp³-hybridized carbons (Fsp3) is 0.250. The first-order valence-corrected chi connectivity index (χ1v) is 5.02. The summed E-state index contributed by atoms with van der Waals surface area (Å²) in [5.74, 6) is 0. The first kappa shape index (κ1) is 9.83. The molecule has 0 aromatic heterocycles. The van der Waals surface area contributed by atoms with Gasteiger partial charge in [0.05, 0.1) is 0 Å². The Labute approximate surface area is 86.8 Å². The fourth-order valence-corrected chi connectivity index (χ4v) is 1.78. The van der Waals surface area contributed by atoms with Crippen LogP contribution in [0.3, 0.4) is 0 Å². The predicted octanol–water partition coefficient (Wildman–Crippen LogP) is -1.11. The molecule has 1 aliphatic heterocycles. The van der Waals surface area contributed by atoms with E-state index in [1.807, 2.05) is 6.07 Å². The standard InChI is InChI=1S/C8H14B3N3/c1-10-12-9-14(2)11(13-10)8-6-4-3-5-7-8/h3-7,9,12-13H,1-2H3. The summed E-state index contributed by atoms with van der Waals surface area (Å²) in [6.07, 6.45) is 0. The van der Waals surface area contributed by atoms with Gasteiger partial charge in [-0.1, -0.05) is 37.2 Å². The molecule has 14 heavy (non-hydrogen) atoms. The second-order valence-corrected chi connectivity index (χ2v) is 3.82. The molecule has 1 heterocycles. The van der Waals surface area contributed by atoms with E-state index in [1.165, 1.54) is 5.46 Å². The maximum Gasteiger partial charge on any atom is 0.322 e. The molecular formula is C8H14B3N3. The average molecular weight is 185 g/mol. The van der Waals surface area contributed by atoms with Crippen LogP contribution in [0.5, 0.6) is 0 Å². The molecule has 0 bridgehead atoms. The van der Waals surface area contributed by atoms with Crippen LogP contribution >= 0.6 is 0 Å². The first-order chi connectivity index (χ1) is 6.77. The van der Waals surface area contributed by atoms with Gasteiger partial charge in [0.2, 0.25) is 0 Å². The molecule has 0 atom stereocenters. The van der Waals surface area contributed by atoms with Crippen molar-refractivity contribution in [3.8, 4) is 0 Å². The highest BCUT2D eigenvalue weighted by Gasteiger charge is 2.30. The summed E-state index contributed by atoms with van der Waals surface area (Å²) in [4.78, 5) is 0. The highest BCUT2D eigenvalue weighted by Crippen LogP contribution is 1.93. The largest absolute Gasteiger partial charge is 0.374 e. The van der Waals surface area contributed by atoms with Crippen molar-refractivity contribution in [2.75, 3.05) is 7.05 Å². The zero-order chi connectivity index (χ0) is 9.97. The molecule has 6 heteroatoms. The van der Waals surface area contributed by atoms with Crippen LogP contribution in [0.4, 0.5) is 0 Å². The Morgan fingerprint density at radius 1 is 1.29 bits per heavy atom. The van der Waals surface area contributed by atoms with Gasteiger partial charge in [-0.25, -0.2) is 0 Å². The molecule has 0 saturated carbocycles. The summed E-state index contributed by atoms with van der Waals surface area (Å²) >= 11 is 0. The molecule has 1 aliphatic rings. The summed E-state index contributed by atoms with van der Waals surface area (Å²) in [5.41, 5.74) is 1.32. The first-order valence-electron chi connectivity index (χ1n) is 5.02. The minimum Gasteiger partial charge on any atom is -0.374 e. The summed E-state index contributed by atoms with van der Waals surface area (Å²) in [5, 5.41) is 6.84. The molecule has 1 saturated heterocycles. The molecule has 70 valence electrons. The van der Waals surface area contributed by atoms with Crippen LogP contribution in [0, 0.1) is 0 Å². The van der Waals surface area contributed by atoms with Gasteiger partial charge in [0.1, 0.15) is 0 Å². The molecule has 0 unspecified atom stereocenters. The van der Waals surface area contributed by atoms with E-state index in [0.717, 1.165) is 7.55 Å². The highest BCUT2D eigenvalue weighted by atomic mass is 15.1. The van der Waals surface area contributed by atoms with Crippen molar-refractivity contribution >= 4 is 27.0 Å². The maximum absolute atomic E-state index is 3.50. The minimum atomic E-state index is 0.326. The molecule has 2 N–H and O–H groups in total. The Morgan fingerprint density at radius 3 is 2.71 bits per heavy atom. The number of hydrogen-bond acceptors (Lipinski definition) is 3. The number of nitrogens with zero attached hydrogens (tertiary/aromatic N) is 1. The molecule has 2 rings (SSSR count). The number of rotatable bonds is 1. The Balaban J connectivity index is 2.16. The van der Waals surface area contributed by atoms with Gasteiger partial charge in [-0.15, -0.1) is 0 Å². The van der Waals surface area contributed by atoms with E-state index in [2.05, 4.69) is 53.1 Å². The molecule has 0 spiro atoms. The lowest BCUT2D eigenvalue weighted by atomic mass is 9.52. The second-order valence-electron chi connectivity index (χ2n) is 3.82. The van der Waals surface area contributed by atoms with Crippen LogP contribution in [0.2, 0.25) is 6.82 Å². The minimum absolute atomic E-state index is 0.326. The number of nitrogens with one attached hydrogen (secondary N) is 2. The fourth-order valence-electron chi connectivity index (χ4n) is 1.78. The van der Waals surface area contributed by atoms with Crippen molar-refractivity contribution in [1.29, 1.82) is 0 Å². The molecular weight excluding hydrogens is 171 g/mol. The van der Waals surface area contributed by atoms with E-state index in [0.29, 0.717) is 14.0 Å². The third kappa shape index (κ3) is 2.03. The van der Waals surface area contributed by atoms with E-state index in [1.54, 1.807) is 0 Å². The van der Waals surface area contributed by atoms with Gasteiger partial charge in [-0.2, -0.15) is 0 Å². The van der Waals surface area contributed by atoms with Gasteiger partial charge >= 0.3 is 6.98 Å². The van der Waals surface area contributed by atoms with Crippen molar-refractivity contribution in [3.63, 3.8) is 0 Å². The number of hydrogen-bond donors (Lipinski definition) is 2. The third-order valence-electron chi connectivity index (χ3n) is 2.61. The monoisotopic (exact) mass is 185 g/mol. The summed E-state index contributed by atoms with van der Waals surface area (Å²) < 4.78 is 2.26. The quantitative estimate of drug-likeness (QED) is 0.543. The van der Waals surface area contributed by atoms with Gasteiger partial charge in [0, 0.05) is 0 Å². The van der Waals surface area contributed by atoms with Crippen molar-refractivity contribution in [3.05, 3.63) is 30.3 Å². The van der Waals surface area contributed by atoms with E-state index in [-0.39, 0.29) is 0 Å². The van der Waals surface area contributed by atoms with Crippen LogP contribution in [0.1, 0.15) is 0 Å². The van der Waals surface area contributed by atoms with Crippen LogP contribution in [-0.2, 0) is 0 Å². The SMILES string of the molecule is CB1NBN(C)B(c2ccccc2)N1. The van der Waals surface area contributed by atoms with Gasteiger partial charge in [-0.05, 0) is 12.5 Å². The van der Waals surface area contributed by atoms with Crippen LogP contribution in [0.25, 0.3) is 0 Å². The lowest BCUT2D eigenvalue weighted by Gasteiger charge is -2.33. The zero-order valence-corrected chi connectivity index (χ0v) is 8.70. The average Bonchev–Trinajstić information content (AvgIpc) is 2.23. The molecule has 1 fully saturated rings. The molecule has 0 radical (unpaired) electrons. The Hall–Kier alpha value is -0.705. The van der Waals surface area contributed by atoms with Gasteiger partial charge < -0.3 is 15.0 Å². The Morgan fingerprint density at radius 2 is 2.00 bits per heavy atom. The lowest BCUT2D eigenvalue weighted by Crippen LogP contribution is -2.72. The maximum atomic E-state index is 3.50. The lowest BCUT2D eigenvalue weighted by molar-refractivity contribution is 0.790. The Kier molecular flexibility index (Phi) is 2.96. The topological polar surface area (TPSA) is 27.3 Å². The van der Waals surface area contributed by atoms with Crippen molar-refractivity contribution in [2.24, 2.45) is 0 Å². The van der Waals surface area contributed by atoms with Crippen LogP contribution in [-0.4, -0.2) is 33.3 Å². The number of benzene rings is 1. The Bertz CT molecular complexity index is 295. The van der Waals surface area contributed by atoms with Gasteiger partial charge in [-0.3, -0.25) is 0 Å². The van der Waals surface area contributed by atoms with Crippen molar-refractivity contribution in [1.82, 2.24) is 15.0 Å². The van der Waals surface area contributed by atoms with Crippen LogP contribution < -0.4 is 15.7 Å². The third-order valence-corrected chi connectivity index (χ3v) is 2.61. The second kappa shape index (κ2) is 4.21. The van der Waals surface area contributed by atoms with E-state index >= 15 is 0 Å². The molecule has 1 aromatic carbocycles. The predicted molar refractivity (Wildman–Crippen MR) is 64.6 cm³/mol. The smallest absolute Gasteiger partial charge is 0.322 e. The van der Waals surface area contributed by atoms with Gasteiger partial charge in [0.15, 0.2) is 0 Å². The van der Waals surface area contributed by atoms with Gasteiger partial charge in [0.25, 0.3) is 14.5 Å². The molecule has 0 amide bonds. The van der Waals surface area contributed by atoms with E-state index in [4.69, 9.17) is 0 Å². The highest BCUT2D eigenvalue weighted by molar-refractivity contribution is 6.87. The molecule has 1 aromatic rings. The van der Waals surface area contributed by atoms with E-state index < -0.39 is 0 Å². The van der Waals surface area contributed by atoms with Crippen LogP contribution in [0.15, 0.2) is 30.3 Å². The normalized spacial score (nSPS) is 18.1. The van der Waals surface area contributed by atoms with E-state index in [9.17, 15) is 0 Å². The summed E-state index contributed by atoms with van der Waals surface area (Å²) in [6, 6.07) is 10.5. The molecule has 0 aliphatic carbocycles. The molecule has 3 nitrogen and oxygen atoms in total. The van der Waals surface area contributed by atoms with Crippen molar-refractivity contribution in [2.45, 2.75) is 6.82 Å². The zero-order valence-electron chi connectivity index (χ0n) is 8.70. The van der Waals surface area contributed by atoms with Crippen molar-refractivity contribution < 1.29 is 0 Å².